The van der Waals surface area contributed by atoms with E-state index in [1.165, 1.54) is 12.1 Å². The highest BCUT2D eigenvalue weighted by Crippen LogP contribution is 2.51. The summed E-state index contributed by atoms with van der Waals surface area (Å²) in [5, 5.41) is 19.1. The van der Waals surface area contributed by atoms with Gasteiger partial charge in [0.15, 0.2) is 0 Å². The standard InChI is InChI=1S/C15H18O4/c1-14(2)11(16)8-12(17)15(14,3)10-6-4-9(5-7-10)13(18)19/h4-7,12,17H,8H2,1-3H3,(H,18,19)/t12-,15-/m0/s1. The smallest absolute Gasteiger partial charge is 0.335 e. The lowest BCUT2D eigenvalue weighted by atomic mass is 9.64. The summed E-state index contributed by atoms with van der Waals surface area (Å²) in [6, 6.07) is 6.39. The van der Waals surface area contributed by atoms with Crippen LogP contribution in [0.5, 0.6) is 0 Å². The first kappa shape index (κ1) is 13.7. The van der Waals surface area contributed by atoms with Gasteiger partial charge in [-0.2, -0.15) is 0 Å². The van der Waals surface area contributed by atoms with E-state index in [1.54, 1.807) is 12.1 Å². The summed E-state index contributed by atoms with van der Waals surface area (Å²) in [6.45, 7) is 5.52. The lowest BCUT2D eigenvalue weighted by Crippen LogP contribution is -2.44. The average molecular weight is 262 g/mol. The maximum atomic E-state index is 12.0. The molecule has 19 heavy (non-hydrogen) atoms. The number of aromatic carboxylic acids is 1. The summed E-state index contributed by atoms with van der Waals surface area (Å²) in [4.78, 5) is 22.9. The molecule has 0 bridgehead atoms. The Balaban J connectivity index is 2.50. The van der Waals surface area contributed by atoms with Crippen LogP contribution < -0.4 is 0 Å². The molecule has 2 N–H and O–H groups in total. The quantitative estimate of drug-likeness (QED) is 0.855. The molecule has 0 aromatic heterocycles. The van der Waals surface area contributed by atoms with E-state index in [0.29, 0.717) is 0 Å². The molecule has 2 rings (SSSR count). The van der Waals surface area contributed by atoms with Crippen LogP contribution in [0, 0.1) is 5.41 Å². The third-order valence-corrected chi connectivity index (χ3v) is 4.77. The first-order valence-corrected chi connectivity index (χ1v) is 6.26. The van der Waals surface area contributed by atoms with Crippen molar-refractivity contribution in [2.24, 2.45) is 5.41 Å². The van der Waals surface area contributed by atoms with Crippen LogP contribution in [0.25, 0.3) is 0 Å². The second-order valence-corrected chi connectivity index (χ2v) is 5.85. The minimum Gasteiger partial charge on any atom is -0.478 e. The Morgan fingerprint density at radius 2 is 1.74 bits per heavy atom. The zero-order valence-corrected chi connectivity index (χ0v) is 11.3. The number of hydrogen-bond acceptors (Lipinski definition) is 3. The molecule has 102 valence electrons. The van der Waals surface area contributed by atoms with Gasteiger partial charge < -0.3 is 10.2 Å². The van der Waals surface area contributed by atoms with Gasteiger partial charge in [-0.05, 0) is 17.7 Å². The van der Waals surface area contributed by atoms with Gasteiger partial charge in [-0.15, -0.1) is 0 Å². The highest BCUT2D eigenvalue weighted by atomic mass is 16.4. The summed E-state index contributed by atoms with van der Waals surface area (Å²) in [5.74, 6) is -0.955. The Morgan fingerprint density at radius 3 is 2.11 bits per heavy atom. The van der Waals surface area contributed by atoms with Gasteiger partial charge in [-0.3, -0.25) is 4.79 Å². The van der Waals surface area contributed by atoms with Gasteiger partial charge in [0.2, 0.25) is 0 Å². The molecule has 1 aromatic carbocycles. The van der Waals surface area contributed by atoms with Crippen molar-refractivity contribution in [1.82, 2.24) is 0 Å². The maximum Gasteiger partial charge on any atom is 0.335 e. The van der Waals surface area contributed by atoms with E-state index in [4.69, 9.17) is 5.11 Å². The molecule has 0 amide bonds. The number of aliphatic hydroxyl groups is 1. The molecule has 1 aromatic rings. The van der Waals surface area contributed by atoms with Crippen LogP contribution in [-0.4, -0.2) is 28.1 Å². The first-order chi connectivity index (χ1) is 8.71. The topological polar surface area (TPSA) is 74.6 Å². The van der Waals surface area contributed by atoms with E-state index in [9.17, 15) is 14.7 Å². The normalized spacial score (nSPS) is 29.5. The molecule has 2 atom stereocenters. The number of hydrogen-bond donors (Lipinski definition) is 2. The van der Waals surface area contributed by atoms with Crippen LogP contribution in [0.4, 0.5) is 0 Å². The Hall–Kier alpha value is -1.68. The molecule has 0 aliphatic heterocycles. The van der Waals surface area contributed by atoms with Gasteiger partial charge >= 0.3 is 5.97 Å². The Kier molecular flexibility index (Phi) is 3.01. The summed E-state index contributed by atoms with van der Waals surface area (Å²) in [6.07, 6.45) is -0.602. The minimum atomic E-state index is -0.987. The maximum absolute atomic E-state index is 12.0. The van der Waals surface area contributed by atoms with Crippen LogP contribution in [0.15, 0.2) is 24.3 Å². The fourth-order valence-electron chi connectivity index (χ4n) is 2.85. The number of carbonyl (C=O) groups is 2. The molecule has 0 radical (unpaired) electrons. The number of carbonyl (C=O) groups excluding carboxylic acids is 1. The second-order valence-electron chi connectivity index (χ2n) is 5.85. The van der Waals surface area contributed by atoms with Crippen LogP contribution >= 0.6 is 0 Å². The van der Waals surface area contributed by atoms with Crippen molar-refractivity contribution < 1.29 is 19.8 Å². The van der Waals surface area contributed by atoms with E-state index >= 15 is 0 Å². The van der Waals surface area contributed by atoms with Gasteiger partial charge in [0.25, 0.3) is 0 Å². The van der Waals surface area contributed by atoms with E-state index in [0.717, 1.165) is 5.56 Å². The fraction of sp³-hybridized carbons (Fsp3) is 0.467. The summed E-state index contributed by atoms with van der Waals surface area (Å²) in [5.41, 5.74) is -0.372. The van der Waals surface area contributed by atoms with Crippen LogP contribution in [0.3, 0.4) is 0 Å². The monoisotopic (exact) mass is 262 g/mol. The fourth-order valence-corrected chi connectivity index (χ4v) is 2.85. The third-order valence-electron chi connectivity index (χ3n) is 4.77. The summed E-state index contributed by atoms with van der Waals surface area (Å²) < 4.78 is 0. The zero-order chi connectivity index (χ0) is 14.4. The molecule has 0 unspecified atom stereocenters. The van der Waals surface area contributed by atoms with Gasteiger partial charge in [-0.25, -0.2) is 4.79 Å². The Bertz CT molecular complexity index is 530. The van der Waals surface area contributed by atoms with Crippen LogP contribution in [-0.2, 0) is 10.2 Å². The van der Waals surface area contributed by atoms with Gasteiger partial charge in [0.1, 0.15) is 5.78 Å². The van der Waals surface area contributed by atoms with Gasteiger partial charge in [0.05, 0.1) is 11.7 Å². The van der Waals surface area contributed by atoms with Crippen molar-refractivity contribution in [2.75, 3.05) is 0 Å². The van der Waals surface area contributed by atoms with E-state index < -0.39 is 22.9 Å². The predicted octanol–water partition coefficient (Wildman–Crippen LogP) is 2.00. The molecule has 0 heterocycles. The zero-order valence-electron chi connectivity index (χ0n) is 11.3. The first-order valence-electron chi connectivity index (χ1n) is 6.26. The predicted molar refractivity (Wildman–Crippen MR) is 70.2 cm³/mol. The lowest BCUT2D eigenvalue weighted by Gasteiger charge is -2.39. The largest absolute Gasteiger partial charge is 0.478 e. The van der Waals surface area contributed by atoms with Gasteiger partial charge in [0, 0.05) is 17.3 Å². The summed E-state index contributed by atoms with van der Waals surface area (Å²) in [7, 11) is 0. The highest BCUT2D eigenvalue weighted by Gasteiger charge is 2.57. The number of carboxylic acid groups (broad SMARTS) is 1. The molecule has 4 heteroatoms. The highest BCUT2D eigenvalue weighted by molar-refractivity contribution is 5.90. The van der Waals surface area contributed by atoms with E-state index in [1.807, 2.05) is 20.8 Å². The van der Waals surface area contributed by atoms with Crippen molar-refractivity contribution in [3.63, 3.8) is 0 Å². The van der Waals surface area contributed by atoms with E-state index in [-0.39, 0.29) is 17.8 Å². The number of ketones is 1. The molecular weight excluding hydrogens is 244 g/mol. The molecular formula is C15H18O4. The molecule has 0 spiro atoms. The number of benzene rings is 1. The molecule has 4 nitrogen and oxygen atoms in total. The lowest BCUT2D eigenvalue weighted by molar-refractivity contribution is -0.125. The molecule has 0 saturated heterocycles. The molecule has 1 saturated carbocycles. The van der Waals surface area contributed by atoms with Crippen molar-refractivity contribution in [2.45, 2.75) is 38.7 Å². The Labute approximate surface area is 112 Å². The molecule has 1 aliphatic carbocycles. The third kappa shape index (κ3) is 1.78. The van der Waals surface area contributed by atoms with Crippen LogP contribution in [0.1, 0.15) is 43.1 Å². The van der Waals surface area contributed by atoms with Crippen molar-refractivity contribution >= 4 is 11.8 Å². The molecule has 1 fully saturated rings. The van der Waals surface area contributed by atoms with Crippen LogP contribution in [0.2, 0.25) is 0 Å². The van der Waals surface area contributed by atoms with Crippen molar-refractivity contribution in [3.8, 4) is 0 Å². The number of aliphatic hydroxyl groups excluding tert-OH is 1. The number of rotatable bonds is 2. The summed E-state index contributed by atoms with van der Waals surface area (Å²) >= 11 is 0. The number of Topliss-reactive ketones (excluding diaryl/α,β-unsaturated/α-hetero) is 1. The van der Waals surface area contributed by atoms with E-state index in [2.05, 4.69) is 0 Å². The average Bonchev–Trinajstić information content (AvgIpc) is 2.51. The second kappa shape index (κ2) is 4.17. The van der Waals surface area contributed by atoms with Crippen molar-refractivity contribution in [3.05, 3.63) is 35.4 Å². The molecule has 1 aliphatic rings. The van der Waals surface area contributed by atoms with Crippen molar-refractivity contribution in [1.29, 1.82) is 0 Å². The SMILES string of the molecule is CC1(C)C(=O)C[C@H](O)[C@]1(C)c1ccc(C(=O)O)cc1. The minimum absolute atomic E-state index is 0.0322. The van der Waals surface area contributed by atoms with Gasteiger partial charge in [-0.1, -0.05) is 32.9 Å². The Morgan fingerprint density at radius 1 is 1.21 bits per heavy atom. The number of carboxylic acids is 1.